The van der Waals surface area contributed by atoms with Crippen molar-refractivity contribution in [3.8, 4) is 0 Å². The number of benzene rings is 1. The predicted molar refractivity (Wildman–Crippen MR) is 69.7 cm³/mol. The van der Waals surface area contributed by atoms with E-state index in [-0.39, 0.29) is 5.91 Å². The Bertz CT molecular complexity index is 616. The van der Waals surface area contributed by atoms with Gasteiger partial charge in [-0.2, -0.15) is 0 Å². The van der Waals surface area contributed by atoms with Gasteiger partial charge in [0.1, 0.15) is 5.58 Å². The highest BCUT2D eigenvalue weighted by atomic mass is 16.4. The molecule has 2 aromatic rings. The maximum absolute atomic E-state index is 11.8. The molecule has 0 atom stereocenters. The van der Waals surface area contributed by atoms with E-state index in [1.165, 1.54) is 6.07 Å². The molecule has 0 fully saturated rings. The van der Waals surface area contributed by atoms with Crippen molar-refractivity contribution < 1.29 is 9.21 Å². The van der Waals surface area contributed by atoms with Gasteiger partial charge in [-0.05, 0) is 24.6 Å². The highest BCUT2D eigenvalue weighted by molar-refractivity contribution is 5.97. The monoisotopic (exact) mass is 245 g/mol. The van der Waals surface area contributed by atoms with Crippen LogP contribution in [0.15, 0.2) is 39.5 Å². The molecule has 1 amide bonds. The quantitative estimate of drug-likeness (QED) is 0.664. The second-order valence-corrected chi connectivity index (χ2v) is 4.12. The van der Waals surface area contributed by atoms with Crippen molar-refractivity contribution >= 4 is 16.9 Å². The summed E-state index contributed by atoms with van der Waals surface area (Å²) in [5, 5.41) is 3.63. The van der Waals surface area contributed by atoms with Crippen molar-refractivity contribution in [2.24, 2.45) is 0 Å². The van der Waals surface area contributed by atoms with Crippen LogP contribution in [-0.2, 0) is 0 Å². The largest absolute Gasteiger partial charge is 0.423 e. The lowest BCUT2D eigenvalue weighted by Crippen LogP contribution is -2.24. The third kappa shape index (κ3) is 2.77. The van der Waals surface area contributed by atoms with Gasteiger partial charge in [0.2, 0.25) is 0 Å². The molecular formula is C14H15NO3. The molecule has 0 bridgehead atoms. The smallest absolute Gasteiger partial charge is 0.336 e. The van der Waals surface area contributed by atoms with Gasteiger partial charge >= 0.3 is 5.63 Å². The number of fused-ring (bicyclic) bond motifs is 1. The first kappa shape index (κ1) is 12.4. The van der Waals surface area contributed by atoms with Crippen LogP contribution in [0.5, 0.6) is 0 Å². The summed E-state index contributed by atoms with van der Waals surface area (Å²) in [6.07, 6.45) is 1.99. The van der Waals surface area contributed by atoms with Crippen LogP contribution < -0.4 is 10.9 Å². The summed E-state index contributed by atoms with van der Waals surface area (Å²) in [6.45, 7) is 2.73. The standard InChI is InChI=1S/C14H15NO3/c1-2-3-8-15-14(17)11-5-4-10-6-7-13(16)18-12(10)9-11/h4-7,9H,2-3,8H2,1H3,(H,15,17). The Labute approximate surface area is 105 Å². The van der Waals surface area contributed by atoms with E-state index in [1.807, 2.05) is 0 Å². The van der Waals surface area contributed by atoms with Crippen LogP contribution in [0.3, 0.4) is 0 Å². The summed E-state index contributed by atoms with van der Waals surface area (Å²) >= 11 is 0. The van der Waals surface area contributed by atoms with E-state index in [9.17, 15) is 9.59 Å². The lowest BCUT2D eigenvalue weighted by Gasteiger charge is -2.04. The van der Waals surface area contributed by atoms with Gasteiger partial charge in [-0.3, -0.25) is 4.79 Å². The van der Waals surface area contributed by atoms with Crippen LogP contribution >= 0.6 is 0 Å². The highest BCUT2D eigenvalue weighted by Crippen LogP contribution is 2.13. The molecule has 4 nitrogen and oxygen atoms in total. The average molecular weight is 245 g/mol. The third-order valence-electron chi connectivity index (χ3n) is 2.70. The van der Waals surface area contributed by atoms with E-state index < -0.39 is 5.63 Å². The number of carbonyl (C=O) groups excluding carboxylic acids is 1. The molecule has 0 unspecified atom stereocenters. The molecule has 1 aromatic heterocycles. The van der Waals surface area contributed by atoms with Gasteiger partial charge in [-0.15, -0.1) is 0 Å². The molecule has 0 aliphatic heterocycles. The van der Waals surface area contributed by atoms with Gasteiger partial charge in [-0.1, -0.05) is 19.4 Å². The van der Waals surface area contributed by atoms with Crippen molar-refractivity contribution in [3.05, 3.63) is 46.3 Å². The second-order valence-electron chi connectivity index (χ2n) is 4.12. The van der Waals surface area contributed by atoms with Crippen LogP contribution in [0.2, 0.25) is 0 Å². The maximum Gasteiger partial charge on any atom is 0.336 e. The summed E-state index contributed by atoms with van der Waals surface area (Å²) < 4.78 is 5.04. The Kier molecular flexibility index (Phi) is 3.77. The topological polar surface area (TPSA) is 59.3 Å². The molecule has 1 N–H and O–H groups in total. The molecule has 0 aliphatic carbocycles. The van der Waals surface area contributed by atoms with Crippen molar-refractivity contribution in [2.45, 2.75) is 19.8 Å². The first-order valence-electron chi connectivity index (χ1n) is 6.03. The number of carbonyl (C=O) groups is 1. The SMILES string of the molecule is CCCCNC(=O)c1ccc2ccc(=O)oc2c1. The van der Waals surface area contributed by atoms with Gasteiger partial charge < -0.3 is 9.73 Å². The van der Waals surface area contributed by atoms with E-state index in [0.717, 1.165) is 18.2 Å². The zero-order valence-corrected chi connectivity index (χ0v) is 10.2. The Morgan fingerprint density at radius 3 is 2.83 bits per heavy atom. The summed E-state index contributed by atoms with van der Waals surface area (Å²) in [4.78, 5) is 22.9. The van der Waals surface area contributed by atoms with Crippen LogP contribution in [0.25, 0.3) is 11.0 Å². The molecule has 1 heterocycles. The number of unbranched alkanes of at least 4 members (excludes halogenated alkanes) is 1. The normalized spacial score (nSPS) is 10.5. The molecule has 1 aromatic carbocycles. The molecule has 2 rings (SSSR count). The summed E-state index contributed by atoms with van der Waals surface area (Å²) in [6, 6.07) is 8.14. The zero-order chi connectivity index (χ0) is 13.0. The van der Waals surface area contributed by atoms with Gasteiger partial charge in [0.05, 0.1) is 0 Å². The molecule has 0 aliphatic rings. The molecule has 0 radical (unpaired) electrons. The summed E-state index contributed by atoms with van der Waals surface area (Å²) in [5.41, 5.74) is 0.532. The lowest BCUT2D eigenvalue weighted by atomic mass is 10.1. The molecule has 0 saturated carbocycles. The predicted octanol–water partition coefficient (Wildman–Crippen LogP) is 2.32. The minimum atomic E-state index is -0.411. The number of nitrogens with one attached hydrogen (secondary N) is 1. The minimum absolute atomic E-state index is 0.142. The maximum atomic E-state index is 11.8. The van der Waals surface area contributed by atoms with Crippen molar-refractivity contribution in [1.82, 2.24) is 5.32 Å². The molecule has 94 valence electrons. The Morgan fingerprint density at radius 1 is 1.28 bits per heavy atom. The van der Waals surface area contributed by atoms with Crippen LogP contribution in [0, 0.1) is 0 Å². The van der Waals surface area contributed by atoms with E-state index >= 15 is 0 Å². The number of hydrogen-bond donors (Lipinski definition) is 1. The molecule has 0 spiro atoms. The molecule has 4 heteroatoms. The number of rotatable bonds is 4. The lowest BCUT2D eigenvalue weighted by molar-refractivity contribution is 0.0953. The highest BCUT2D eigenvalue weighted by Gasteiger charge is 2.06. The molecule has 0 saturated heterocycles. The van der Waals surface area contributed by atoms with Crippen molar-refractivity contribution in [3.63, 3.8) is 0 Å². The fraction of sp³-hybridized carbons (Fsp3) is 0.286. The van der Waals surface area contributed by atoms with Crippen molar-refractivity contribution in [2.75, 3.05) is 6.54 Å². The first-order chi connectivity index (χ1) is 8.70. The third-order valence-corrected chi connectivity index (χ3v) is 2.70. The van der Waals surface area contributed by atoms with E-state index in [0.29, 0.717) is 17.7 Å². The van der Waals surface area contributed by atoms with Gasteiger partial charge in [-0.25, -0.2) is 4.79 Å². The Hall–Kier alpha value is -2.10. The molecular weight excluding hydrogens is 230 g/mol. The fourth-order valence-corrected chi connectivity index (χ4v) is 1.68. The minimum Gasteiger partial charge on any atom is -0.423 e. The van der Waals surface area contributed by atoms with Crippen LogP contribution in [0.1, 0.15) is 30.1 Å². The van der Waals surface area contributed by atoms with Crippen LogP contribution in [0.4, 0.5) is 0 Å². The summed E-state index contributed by atoms with van der Waals surface area (Å²) in [5.74, 6) is -0.142. The van der Waals surface area contributed by atoms with E-state index in [2.05, 4.69) is 12.2 Å². The molecule has 18 heavy (non-hydrogen) atoms. The van der Waals surface area contributed by atoms with E-state index in [1.54, 1.807) is 24.3 Å². The summed E-state index contributed by atoms with van der Waals surface area (Å²) in [7, 11) is 0. The Balaban J connectivity index is 2.23. The Morgan fingerprint density at radius 2 is 2.06 bits per heavy atom. The van der Waals surface area contributed by atoms with Gasteiger partial charge in [0, 0.05) is 23.6 Å². The number of hydrogen-bond acceptors (Lipinski definition) is 3. The number of amides is 1. The average Bonchev–Trinajstić information content (AvgIpc) is 2.38. The fourth-order valence-electron chi connectivity index (χ4n) is 1.68. The second kappa shape index (κ2) is 5.49. The zero-order valence-electron chi connectivity index (χ0n) is 10.2. The van der Waals surface area contributed by atoms with Crippen LogP contribution in [-0.4, -0.2) is 12.5 Å². The van der Waals surface area contributed by atoms with E-state index in [4.69, 9.17) is 4.42 Å². The van der Waals surface area contributed by atoms with Gasteiger partial charge in [0.25, 0.3) is 5.91 Å². The van der Waals surface area contributed by atoms with Crippen molar-refractivity contribution in [1.29, 1.82) is 0 Å². The first-order valence-corrected chi connectivity index (χ1v) is 6.03. The van der Waals surface area contributed by atoms with Gasteiger partial charge in [0.15, 0.2) is 0 Å².